The van der Waals surface area contributed by atoms with Crippen LogP contribution in [-0.4, -0.2) is 23.0 Å². The van der Waals surface area contributed by atoms with Crippen molar-refractivity contribution in [3.63, 3.8) is 0 Å². The van der Waals surface area contributed by atoms with E-state index in [4.69, 9.17) is 5.11 Å². The fraction of sp³-hybridized carbons (Fsp3) is 0.556. The molecule has 4 heteroatoms. The van der Waals surface area contributed by atoms with Crippen molar-refractivity contribution >= 4 is 11.9 Å². The zero-order chi connectivity index (χ0) is 10.3. The van der Waals surface area contributed by atoms with Gasteiger partial charge in [0.05, 0.1) is 0 Å². The molecule has 0 aliphatic heterocycles. The van der Waals surface area contributed by atoms with Gasteiger partial charge in [-0.1, -0.05) is 19.1 Å². The summed E-state index contributed by atoms with van der Waals surface area (Å²) >= 11 is 0. The molecule has 0 radical (unpaired) electrons. The molecule has 4 nitrogen and oxygen atoms in total. The van der Waals surface area contributed by atoms with Gasteiger partial charge in [0.15, 0.2) is 0 Å². The van der Waals surface area contributed by atoms with Gasteiger partial charge < -0.3 is 10.4 Å². The molecular weight excluding hydrogens is 170 g/mol. The Kier molecular flexibility index (Phi) is 5.59. The summed E-state index contributed by atoms with van der Waals surface area (Å²) in [5.74, 6) is -1.33. The minimum Gasteiger partial charge on any atom is -0.480 e. The molecule has 0 aliphatic rings. The number of carbonyl (C=O) groups excluding carboxylic acids is 1. The number of rotatable bonds is 5. The molecular formula is C9H15NO3. The van der Waals surface area contributed by atoms with Gasteiger partial charge in [0.2, 0.25) is 5.91 Å². The van der Waals surface area contributed by atoms with E-state index in [0.717, 1.165) is 6.42 Å². The van der Waals surface area contributed by atoms with Gasteiger partial charge in [-0.25, -0.2) is 4.79 Å². The van der Waals surface area contributed by atoms with E-state index in [-0.39, 0.29) is 5.91 Å². The quantitative estimate of drug-likeness (QED) is 0.626. The molecule has 0 heterocycles. The van der Waals surface area contributed by atoms with Crippen molar-refractivity contribution in [3.05, 3.63) is 12.2 Å². The third kappa shape index (κ3) is 5.90. The van der Waals surface area contributed by atoms with Crippen molar-refractivity contribution in [3.8, 4) is 0 Å². The van der Waals surface area contributed by atoms with E-state index in [1.54, 1.807) is 6.08 Å². The van der Waals surface area contributed by atoms with Crippen LogP contribution in [0.4, 0.5) is 0 Å². The summed E-state index contributed by atoms with van der Waals surface area (Å²) < 4.78 is 0. The summed E-state index contributed by atoms with van der Waals surface area (Å²) in [5, 5.41) is 11.0. The maximum Gasteiger partial charge on any atom is 0.326 e. The van der Waals surface area contributed by atoms with Crippen molar-refractivity contribution in [2.45, 2.75) is 32.7 Å². The first-order valence-electron chi connectivity index (χ1n) is 4.22. The topological polar surface area (TPSA) is 66.4 Å². The fourth-order valence-corrected chi connectivity index (χ4v) is 0.866. The van der Waals surface area contributed by atoms with Gasteiger partial charge in [0.1, 0.15) is 6.04 Å². The number of nitrogens with one attached hydrogen (secondary N) is 1. The lowest BCUT2D eigenvalue weighted by Gasteiger charge is -2.09. The molecule has 1 atom stereocenters. The molecule has 0 saturated heterocycles. The highest BCUT2D eigenvalue weighted by atomic mass is 16.4. The van der Waals surface area contributed by atoms with Crippen LogP contribution in [-0.2, 0) is 9.59 Å². The van der Waals surface area contributed by atoms with Gasteiger partial charge in [-0.3, -0.25) is 4.79 Å². The number of allylic oxidation sites excluding steroid dienone is 1. The lowest BCUT2D eigenvalue weighted by Crippen LogP contribution is -2.39. The number of aliphatic carboxylic acids is 1. The summed E-state index contributed by atoms with van der Waals surface area (Å²) in [4.78, 5) is 21.2. The number of amides is 1. The van der Waals surface area contributed by atoms with Crippen LogP contribution in [0.15, 0.2) is 12.2 Å². The number of carbonyl (C=O) groups is 2. The Morgan fingerprint density at radius 3 is 2.46 bits per heavy atom. The van der Waals surface area contributed by atoms with Crippen LogP contribution in [0.25, 0.3) is 0 Å². The molecule has 1 unspecified atom stereocenters. The molecule has 2 N–H and O–H groups in total. The Bertz CT molecular complexity index is 211. The average molecular weight is 185 g/mol. The van der Waals surface area contributed by atoms with E-state index in [9.17, 15) is 9.59 Å². The van der Waals surface area contributed by atoms with E-state index in [1.807, 2.05) is 13.0 Å². The lowest BCUT2D eigenvalue weighted by molar-refractivity contribution is -0.141. The highest BCUT2D eigenvalue weighted by Gasteiger charge is 2.15. The van der Waals surface area contributed by atoms with Crippen LogP contribution in [0.2, 0.25) is 0 Å². The Morgan fingerprint density at radius 2 is 2.08 bits per heavy atom. The van der Waals surface area contributed by atoms with Gasteiger partial charge in [0, 0.05) is 6.92 Å². The van der Waals surface area contributed by atoms with E-state index >= 15 is 0 Å². The van der Waals surface area contributed by atoms with Crippen molar-refractivity contribution in [2.24, 2.45) is 0 Å². The standard InChI is InChI=1S/C9H15NO3/c1-3-4-5-6-8(9(12)13)10-7(2)11/h4-5,8H,3,6H2,1-2H3,(H,10,11)(H,12,13). The first-order valence-corrected chi connectivity index (χ1v) is 4.22. The largest absolute Gasteiger partial charge is 0.480 e. The number of hydrogen-bond acceptors (Lipinski definition) is 2. The monoisotopic (exact) mass is 185 g/mol. The van der Waals surface area contributed by atoms with Gasteiger partial charge in [-0.05, 0) is 12.8 Å². The highest BCUT2D eigenvalue weighted by molar-refractivity contribution is 5.82. The average Bonchev–Trinajstić information content (AvgIpc) is 2.02. The molecule has 0 rings (SSSR count). The molecule has 13 heavy (non-hydrogen) atoms. The second kappa shape index (κ2) is 6.22. The molecule has 74 valence electrons. The molecule has 0 bridgehead atoms. The minimum atomic E-state index is -1.00. The predicted molar refractivity (Wildman–Crippen MR) is 49.3 cm³/mol. The molecule has 0 fully saturated rings. The third-order valence-electron chi connectivity index (χ3n) is 1.45. The van der Waals surface area contributed by atoms with E-state index < -0.39 is 12.0 Å². The van der Waals surface area contributed by atoms with Gasteiger partial charge in [-0.2, -0.15) is 0 Å². The van der Waals surface area contributed by atoms with E-state index in [1.165, 1.54) is 6.92 Å². The van der Waals surface area contributed by atoms with E-state index in [0.29, 0.717) is 6.42 Å². The van der Waals surface area contributed by atoms with Crippen molar-refractivity contribution < 1.29 is 14.7 Å². The maximum absolute atomic E-state index is 10.6. The van der Waals surface area contributed by atoms with Crippen LogP contribution in [0, 0.1) is 0 Å². The highest BCUT2D eigenvalue weighted by Crippen LogP contribution is 1.95. The second-order valence-electron chi connectivity index (χ2n) is 2.71. The normalized spacial score (nSPS) is 12.8. The Hall–Kier alpha value is -1.32. The predicted octanol–water partition coefficient (Wildman–Crippen LogP) is 0.932. The molecule has 0 saturated carbocycles. The van der Waals surface area contributed by atoms with Crippen molar-refractivity contribution in [1.82, 2.24) is 5.32 Å². The fourth-order valence-electron chi connectivity index (χ4n) is 0.866. The Labute approximate surface area is 77.6 Å². The van der Waals surface area contributed by atoms with Crippen molar-refractivity contribution in [1.29, 1.82) is 0 Å². The van der Waals surface area contributed by atoms with E-state index in [2.05, 4.69) is 5.32 Å². The number of carboxylic acids is 1. The minimum absolute atomic E-state index is 0.322. The van der Waals surface area contributed by atoms with Crippen LogP contribution < -0.4 is 5.32 Å². The molecule has 1 amide bonds. The molecule has 0 spiro atoms. The van der Waals surface area contributed by atoms with Gasteiger partial charge in [0.25, 0.3) is 0 Å². The maximum atomic E-state index is 10.6. The molecule has 0 aromatic heterocycles. The zero-order valence-electron chi connectivity index (χ0n) is 7.91. The van der Waals surface area contributed by atoms with Crippen molar-refractivity contribution in [2.75, 3.05) is 0 Å². The summed E-state index contributed by atoms with van der Waals surface area (Å²) in [6.45, 7) is 3.27. The van der Waals surface area contributed by atoms with Crippen LogP contribution >= 0.6 is 0 Å². The zero-order valence-corrected chi connectivity index (χ0v) is 7.91. The summed E-state index contributed by atoms with van der Waals surface area (Å²) in [6, 6.07) is -0.805. The lowest BCUT2D eigenvalue weighted by atomic mass is 10.2. The Balaban J connectivity index is 4.02. The smallest absolute Gasteiger partial charge is 0.326 e. The Morgan fingerprint density at radius 1 is 1.46 bits per heavy atom. The van der Waals surface area contributed by atoms with Crippen LogP contribution in [0.5, 0.6) is 0 Å². The molecule has 0 aromatic carbocycles. The molecule has 0 aromatic rings. The number of carboxylic acid groups (broad SMARTS) is 1. The summed E-state index contributed by atoms with van der Waals surface area (Å²) in [7, 11) is 0. The third-order valence-corrected chi connectivity index (χ3v) is 1.45. The summed E-state index contributed by atoms with van der Waals surface area (Å²) in [6.07, 6.45) is 4.83. The van der Waals surface area contributed by atoms with Crippen LogP contribution in [0.1, 0.15) is 26.7 Å². The van der Waals surface area contributed by atoms with Gasteiger partial charge in [-0.15, -0.1) is 0 Å². The first-order chi connectivity index (χ1) is 6.07. The van der Waals surface area contributed by atoms with Gasteiger partial charge >= 0.3 is 5.97 Å². The SMILES string of the molecule is CCC=CCC(NC(C)=O)C(=O)O. The second-order valence-corrected chi connectivity index (χ2v) is 2.71. The molecule has 0 aliphatic carbocycles. The summed E-state index contributed by atoms with van der Waals surface area (Å²) in [5.41, 5.74) is 0. The van der Waals surface area contributed by atoms with Crippen LogP contribution in [0.3, 0.4) is 0 Å². The number of hydrogen-bond donors (Lipinski definition) is 2. The first kappa shape index (κ1) is 11.7.